The molecule has 5 heteroatoms. The summed E-state index contributed by atoms with van der Waals surface area (Å²) in [5.41, 5.74) is 9.91. The van der Waals surface area contributed by atoms with Crippen LogP contribution in [-0.2, 0) is 0 Å². The number of rotatable bonds is 5. The fraction of sp³-hybridized carbons (Fsp3) is 0. The van der Waals surface area contributed by atoms with Crippen LogP contribution < -0.4 is 0 Å². The minimum absolute atomic E-state index is 0.591. The molecule has 0 fully saturated rings. The van der Waals surface area contributed by atoms with Gasteiger partial charge in [0.2, 0.25) is 0 Å². The smallest absolute Gasteiger partial charge is 0.164 e. The van der Waals surface area contributed by atoms with Gasteiger partial charge in [0.25, 0.3) is 0 Å². The molecule has 0 saturated carbocycles. The van der Waals surface area contributed by atoms with Gasteiger partial charge in [0.1, 0.15) is 5.58 Å². The fourth-order valence-electron chi connectivity index (χ4n) is 8.68. The first-order chi connectivity index (χ1) is 28.7. The van der Waals surface area contributed by atoms with Gasteiger partial charge in [0.05, 0.1) is 16.7 Å². The van der Waals surface area contributed by atoms with E-state index in [1.165, 1.54) is 32.7 Å². The number of hydrogen-bond acceptors (Lipinski definition) is 4. The van der Waals surface area contributed by atoms with Gasteiger partial charge in [0, 0.05) is 43.6 Å². The van der Waals surface area contributed by atoms with Gasteiger partial charge in [-0.25, -0.2) is 15.0 Å². The molecule has 0 unspecified atom stereocenters. The molecule has 0 aliphatic rings. The highest BCUT2D eigenvalue weighted by molar-refractivity contribution is 6.22. The third kappa shape index (κ3) is 5.07. The summed E-state index contributed by atoms with van der Waals surface area (Å²) in [6.45, 7) is 0. The largest absolute Gasteiger partial charge is 0.453 e. The Bertz CT molecular complexity index is 3500. The van der Waals surface area contributed by atoms with Gasteiger partial charge >= 0.3 is 0 Å². The zero-order valence-electron chi connectivity index (χ0n) is 31.2. The van der Waals surface area contributed by atoms with Gasteiger partial charge in [-0.2, -0.15) is 0 Å². The zero-order chi connectivity index (χ0) is 38.2. The summed E-state index contributed by atoms with van der Waals surface area (Å²) in [7, 11) is 0. The maximum absolute atomic E-state index is 7.20. The second-order valence-electron chi connectivity index (χ2n) is 14.8. The van der Waals surface area contributed by atoms with E-state index in [1.54, 1.807) is 0 Å². The summed E-state index contributed by atoms with van der Waals surface area (Å²) < 4.78 is 9.58. The Kier molecular flexibility index (Phi) is 7.16. The Morgan fingerprint density at radius 1 is 0.345 bits per heavy atom. The van der Waals surface area contributed by atoms with E-state index in [1.807, 2.05) is 60.7 Å². The zero-order valence-corrected chi connectivity index (χ0v) is 31.2. The van der Waals surface area contributed by atoms with Gasteiger partial charge in [-0.3, -0.25) is 0 Å². The van der Waals surface area contributed by atoms with Crippen LogP contribution in [0.1, 0.15) is 0 Å². The molecule has 0 amide bonds. The molecule has 0 radical (unpaired) electrons. The topological polar surface area (TPSA) is 56.7 Å². The number of nitrogens with zero attached hydrogens (tertiary/aromatic N) is 4. The van der Waals surface area contributed by atoms with E-state index in [2.05, 4.69) is 138 Å². The molecular weight excluding hydrogens is 709 g/mol. The van der Waals surface area contributed by atoms with E-state index in [0.29, 0.717) is 17.5 Å². The summed E-state index contributed by atoms with van der Waals surface area (Å²) >= 11 is 0. The lowest BCUT2D eigenvalue weighted by Crippen LogP contribution is -2.00. The minimum Gasteiger partial charge on any atom is -0.453 e. The third-order valence-electron chi connectivity index (χ3n) is 11.4. The third-order valence-corrected chi connectivity index (χ3v) is 11.4. The van der Waals surface area contributed by atoms with E-state index >= 15 is 0 Å². The SMILES string of the molecule is c1ccc(-c2ccc3c(c2)c2cc4ccccc4cc2n3-c2cccc3c2oc2c4ccccc4cc(-c4nc(-c5ccccc5)nc(-c5ccccc5)n4)c32)cc1. The van der Waals surface area contributed by atoms with Gasteiger partial charge in [0.15, 0.2) is 23.1 Å². The average Bonchev–Trinajstić information content (AvgIpc) is 3.85. The lowest BCUT2D eigenvalue weighted by atomic mass is 9.99. The summed E-state index contributed by atoms with van der Waals surface area (Å²) in [4.78, 5) is 15.4. The van der Waals surface area contributed by atoms with Crippen molar-refractivity contribution in [1.82, 2.24) is 19.5 Å². The Labute approximate surface area is 333 Å². The van der Waals surface area contributed by atoms with Crippen molar-refractivity contribution in [2.75, 3.05) is 0 Å². The molecule has 0 atom stereocenters. The average molecular weight is 741 g/mol. The lowest BCUT2D eigenvalue weighted by Gasteiger charge is -2.11. The first-order valence-electron chi connectivity index (χ1n) is 19.5. The summed E-state index contributed by atoms with van der Waals surface area (Å²) in [6.07, 6.45) is 0. The van der Waals surface area contributed by atoms with Crippen molar-refractivity contribution in [1.29, 1.82) is 0 Å². The van der Waals surface area contributed by atoms with Crippen LogP contribution in [-0.4, -0.2) is 19.5 Å². The number of fused-ring (bicyclic) bond motifs is 9. The molecule has 5 nitrogen and oxygen atoms in total. The van der Waals surface area contributed by atoms with E-state index in [9.17, 15) is 0 Å². The summed E-state index contributed by atoms with van der Waals surface area (Å²) in [6, 6.07) is 68.0. The second-order valence-corrected chi connectivity index (χ2v) is 14.8. The highest BCUT2D eigenvalue weighted by atomic mass is 16.3. The minimum atomic E-state index is 0.591. The molecular formula is C53H32N4O. The monoisotopic (exact) mass is 740 g/mol. The molecule has 3 heterocycles. The molecule has 3 aromatic heterocycles. The standard InChI is InChI=1S/C53H32N4O/c1-4-15-33(16-5-1)38-27-28-45-42(30-38)43-29-36-21-10-11-22-37(36)32-47(43)57(45)46-26-14-25-41-48-44(31-39-23-12-13-24-40(39)50(48)58-49(41)46)53-55-51(34-17-6-2-7-18-34)54-52(56-53)35-19-8-3-9-20-35/h1-32H. The van der Waals surface area contributed by atoms with Crippen LogP contribution in [0.25, 0.3) is 116 Å². The number of hydrogen-bond donors (Lipinski definition) is 0. The Balaban J connectivity index is 1.17. The highest BCUT2D eigenvalue weighted by Gasteiger charge is 2.24. The normalized spacial score (nSPS) is 11.8. The molecule has 0 aliphatic carbocycles. The highest BCUT2D eigenvalue weighted by Crippen LogP contribution is 2.45. The van der Waals surface area contributed by atoms with Gasteiger partial charge in [-0.05, 0) is 63.7 Å². The number of aromatic nitrogens is 4. The van der Waals surface area contributed by atoms with Crippen LogP contribution in [0.3, 0.4) is 0 Å². The predicted octanol–water partition coefficient (Wildman–Crippen LogP) is 13.8. The molecule has 12 aromatic rings. The Morgan fingerprint density at radius 3 is 1.62 bits per heavy atom. The van der Waals surface area contributed by atoms with E-state index in [0.717, 1.165) is 66.1 Å². The quantitative estimate of drug-likeness (QED) is 0.176. The summed E-state index contributed by atoms with van der Waals surface area (Å²) in [5, 5.41) is 8.82. The van der Waals surface area contributed by atoms with Crippen LogP contribution >= 0.6 is 0 Å². The molecule has 0 saturated heterocycles. The van der Waals surface area contributed by atoms with Crippen molar-refractivity contribution in [2.24, 2.45) is 0 Å². The first-order valence-corrected chi connectivity index (χ1v) is 19.5. The summed E-state index contributed by atoms with van der Waals surface area (Å²) in [5.74, 6) is 1.83. The molecule has 12 rings (SSSR count). The molecule has 270 valence electrons. The number of benzene rings is 9. The molecule has 0 aliphatic heterocycles. The van der Waals surface area contributed by atoms with Gasteiger partial charge < -0.3 is 8.98 Å². The number of para-hydroxylation sites is 1. The van der Waals surface area contributed by atoms with Crippen LogP contribution in [0.5, 0.6) is 0 Å². The lowest BCUT2D eigenvalue weighted by molar-refractivity contribution is 0.670. The molecule has 9 aromatic carbocycles. The second kappa shape index (κ2) is 12.8. The molecule has 58 heavy (non-hydrogen) atoms. The Hall–Kier alpha value is -7.89. The molecule has 0 N–H and O–H groups in total. The van der Waals surface area contributed by atoms with Crippen molar-refractivity contribution < 1.29 is 4.42 Å². The maximum atomic E-state index is 7.20. The van der Waals surface area contributed by atoms with Gasteiger partial charge in [-0.1, -0.05) is 158 Å². The van der Waals surface area contributed by atoms with Crippen molar-refractivity contribution in [3.05, 3.63) is 194 Å². The van der Waals surface area contributed by atoms with Crippen LogP contribution in [0.2, 0.25) is 0 Å². The molecule has 0 spiro atoms. The van der Waals surface area contributed by atoms with Crippen molar-refractivity contribution >= 4 is 65.3 Å². The molecule has 0 bridgehead atoms. The number of furan rings is 1. The van der Waals surface area contributed by atoms with Crippen LogP contribution in [0, 0.1) is 0 Å². The van der Waals surface area contributed by atoms with Crippen molar-refractivity contribution in [3.63, 3.8) is 0 Å². The predicted molar refractivity (Wildman–Crippen MR) is 238 cm³/mol. The first kappa shape index (κ1) is 32.4. The van der Waals surface area contributed by atoms with Crippen LogP contribution in [0.4, 0.5) is 0 Å². The fourth-order valence-corrected chi connectivity index (χ4v) is 8.68. The van der Waals surface area contributed by atoms with Gasteiger partial charge in [-0.15, -0.1) is 0 Å². The maximum Gasteiger partial charge on any atom is 0.164 e. The Morgan fingerprint density at radius 2 is 0.914 bits per heavy atom. The van der Waals surface area contributed by atoms with Crippen molar-refractivity contribution in [2.45, 2.75) is 0 Å². The van der Waals surface area contributed by atoms with E-state index < -0.39 is 0 Å². The van der Waals surface area contributed by atoms with E-state index in [-0.39, 0.29) is 0 Å². The van der Waals surface area contributed by atoms with Crippen molar-refractivity contribution in [3.8, 4) is 51.0 Å². The van der Waals surface area contributed by atoms with E-state index in [4.69, 9.17) is 19.4 Å². The van der Waals surface area contributed by atoms with Crippen LogP contribution in [0.15, 0.2) is 199 Å².